The lowest BCUT2D eigenvalue weighted by Gasteiger charge is -2.28. The van der Waals surface area contributed by atoms with Crippen LogP contribution in [-0.2, 0) is 0 Å². The van der Waals surface area contributed by atoms with Crippen LogP contribution in [0.5, 0.6) is 5.75 Å². The molecule has 2 aromatic rings. The Morgan fingerprint density at radius 1 is 1.16 bits per heavy atom. The van der Waals surface area contributed by atoms with Gasteiger partial charge >= 0.3 is 0 Å². The molecule has 2 fully saturated rings. The highest BCUT2D eigenvalue weighted by Gasteiger charge is 2.46. The summed E-state index contributed by atoms with van der Waals surface area (Å²) in [5.74, 6) is 2.62. The van der Waals surface area contributed by atoms with E-state index in [4.69, 9.17) is 9.72 Å². The number of aryl methyl sites for hydroxylation is 1. The lowest BCUT2D eigenvalue weighted by Crippen LogP contribution is -2.29. The first kappa shape index (κ1) is 16.3. The normalized spacial score (nSPS) is 26.1. The maximum absolute atomic E-state index is 13.7. The average Bonchev–Trinajstić information content (AvgIpc) is 3.11. The fourth-order valence-electron chi connectivity index (χ4n) is 4.54. The lowest BCUT2D eigenvalue weighted by molar-refractivity contribution is 0.279. The van der Waals surface area contributed by atoms with Crippen molar-refractivity contribution >= 4 is 5.82 Å². The Labute approximate surface area is 148 Å². The Morgan fingerprint density at radius 3 is 2.76 bits per heavy atom. The third-order valence-corrected chi connectivity index (χ3v) is 5.58. The van der Waals surface area contributed by atoms with Crippen molar-refractivity contribution in [2.45, 2.75) is 13.0 Å². The van der Waals surface area contributed by atoms with Crippen molar-refractivity contribution in [3.8, 4) is 5.75 Å². The number of hydrogen-bond acceptors (Lipinski definition) is 4. The van der Waals surface area contributed by atoms with Crippen molar-refractivity contribution < 1.29 is 9.13 Å². The first-order valence-corrected chi connectivity index (χ1v) is 8.79. The van der Waals surface area contributed by atoms with Gasteiger partial charge in [-0.1, -0.05) is 12.1 Å². The van der Waals surface area contributed by atoms with E-state index in [1.54, 1.807) is 13.2 Å². The summed E-state index contributed by atoms with van der Waals surface area (Å²) in [4.78, 5) is 9.41. The molecule has 0 aliphatic carbocycles. The fraction of sp³-hybridized carbons (Fsp3) is 0.450. The van der Waals surface area contributed by atoms with E-state index in [1.807, 2.05) is 31.2 Å². The minimum atomic E-state index is -0.161. The van der Waals surface area contributed by atoms with Crippen LogP contribution >= 0.6 is 0 Å². The van der Waals surface area contributed by atoms with Gasteiger partial charge in [0.1, 0.15) is 5.82 Å². The Hall–Kier alpha value is -2.14. The molecule has 0 spiro atoms. The van der Waals surface area contributed by atoms with E-state index >= 15 is 0 Å². The summed E-state index contributed by atoms with van der Waals surface area (Å²) in [5, 5.41) is 0. The Morgan fingerprint density at radius 2 is 2.00 bits per heavy atom. The van der Waals surface area contributed by atoms with E-state index < -0.39 is 0 Å². The maximum atomic E-state index is 13.7. The second kappa shape index (κ2) is 6.30. The molecule has 0 N–H and O–H groups in total. The molecule has 4 nitrogen and oxygen atoms in total. The lowest BCUT2D eigenvalue weighted by atomic mass is 9.89. The quantitative estimate of drug-likeness (QED) is 0.857. The second-order valence-corrected chi connectivity index (χ2v) is 7.25. The molecule has 4 rings (SSSR count). The van der Waals surface area contributed by atoms with Gasteiger partial charge in [-0.25, -0.2) is 9.37 Å². The molecule has 1 aromatic heterocycles. The van der Waals surface area contributed by atoms with Gasteiger partial charge in [0.05, 0.1) is 7.11 Å². The molecule has 2 aliphatic heterocycles. The fourth-order valence-corrected chi connectivity index (χ4v) is 4.54. The van der Waals surface area contributed by atoms with Gasteiger partial charge in [-0.15, -0.1) is 0 Å². The molecule has 0 radical (unpaired) electrons. The zero-order valence-electron chi connectivity index (χ0n) is 14.9. The second-order valence-electron chi connectivity index (χ2n) is 7.25. The van der Waals surface area contributed by atoms with Gasteiger partial charge in [-0.2, -0.15) is 0 Å². The zero-order chi connectivity index (χ0) is 17.6. The molecule has 132 valence electrons. The van der Waals surface area contributed by atoms with E-state index in [0.717, 1.165) is 42.5 Å². The van der Waals surface area contributed by atoms with Crippen molar-refractivity contribution in [1.82, 2.24) is 9.88 Å². The first-order valence-electron chi connectivity index (χ1n) is 8.79. The number of hydrogen-bond donors (Lipinski definition) is 0. The number of likely N-dealkylation sites (tertiary alicyclic amines) is 1. The van der Waals surface area contributed by atoms with Gasteiger partial charge in [0.2, 0.25) is 0 Å². The number of rotatable bonds is 3. The molecule has 5 heteroatoms. The van der Waals surface area contributed by atoms with Gasteiger partial charge in [-0.3, -0.25) is 4.90 Å². The molecular weight excluding hydrogens is 317 g/mol. The number of anilines is 1. The smallest absolute Gasteiger partial charge is 0.171 e. The molecule has 0 bridgehead atoms. The van der Waals surface area contributed by atoms with Crippen LogP contribution in [0, 0.1) is 24.6 Å². The first-order chi connectivity index (χ1) is 12.1. The van der Waals surface area contributed by atoms with E-state index in [1.165, 1.54) is 6.07 Å². The third kappa shape index (κ3) is 2.86. The van der Waals surface area contributed by atoms with Crippen molar-refractivity contribution in [3.63, 3.8) is 0 Å². The topological polar surface area (TPSA) is 28.6 Å². The van der Waals surface area contributed by atoms with E-state index in [0.29, 0.717) is 11.8 Å². The number of pyridine rings is 1. The standard InChI is InChI=1S/C20H24FN3O/c1-13-7-8-18(25-3)20(22-13)24-11-15-10-23(2)19(17(15)12-24)14-5-4-6-16(21)9-14/h4-9,15,17,19H,10-12H2,1-3H3/t15-,17+,19-/m0/s1. The molecule has 2 aliphatic rings. The highest BCUT2D eigenvalue weighted by atomic mass is 19.1. The van der Waals surface area contributed by atoms with E-state index in [-0.39, 0.29) is 11.9 Å². The Kier molecular flexibility index (Phi) is 4.12. The van der Waals surface area contributed by atoms with Gasteiger partial charge in [0.15, 0.2) is 11.6 Å². The summed E-state index contributed by atoms with van der Waals surface area (Å²) in [6.07, 6.45) is 0. The van der Waals surface area contributed by atoms with Crippen LogP contribution < -0.4 is 9.64 Å². The molecule has 1 aromatic carbocycles. The number of nitrogens with zero attached hydrogens (tertiary/aromatic N) is 3. The highest BCUT2D eigenvalue weighted by molar-refractivity contribution is 5.54. The Balaban J connectivity index is 1.62. The summed E-state index contributed by atoms with van der Waals surface area (Å²) >= 11 is 0. The number of fused-ring (bicyclic) bond motifs is 1. The van der Waals surface area contributed by atoms with E-state index in [9.17, 15) is 4.39 Å². The maximum Gasteiger partial charge on any atom is 0.171 e. The minimum absolute atomic E-state index is 0.161. The van der Waals surface area contributed by atoms with Gasteiger partial charge in [0, 0.05) is 37.3 Å². The highest BCUT2D eigenvalue weighted by Crippen LogP contribution is 2.46. The number of ether oxygens (including phenoxy) is 1. The van der Waals surface area contributed by atoms with Crippen LogP contribution in [-0.4, -0.2) is 43.7 Å². The predicted octanol–water partition coefficient (Wildman–Crippen LogP) is 3.28. The van der Waals surface area contributed by atoms with Crippen LogP contribution in [0.3, 0.4) is 0 Å². The molecule has 0 amide bonds. The van der Waals surface area contributed by atoms with Crippen molar-refractivity contribution in [1.29, 1.82) is 0 Å². The summed E-state index contributed by atoms with van der Waals surface area (Å²) in [6.45, 7) is 4.91. The Bertz CT molecular complexity index is 781. The molecule has 0 saturated carbocycles. The largest absolute Gasteiger partial charge is 0.493 e. The van der Waals surface area contributed by atoms with Gasteiger partial charge < -0.3 is 9.64 Å². The minimum Gasteiger partial charge on any atom is -0.493 e. The molecular formula is C20H24FN3O. The van der Waals surface area contributed by atoms with Crippen molar-refractivity contribution in [3.05, 3.63) is 53.5 Å². The number of halogens is 1. The monoisotopic (exact) mass is 341 g/mol. The summed E-state index contributed by atoms with van der Waals surface area (Å²) in [6, 6.07) is 11.3. The number of methoxy groups -OCH3 is 1. The molecule has 3 heterocycles. The molecule has 0 unspecified atom stereocenters. The summed E-state index contributed by atoms with van der Waals surface area (Å²) in [7, 11) is 3.83. The van der Waals surface area contributed by atoms with Crippen LogP contribution in [0.4, 0.5) is 10.2 Å². The van der Waals surface area contributed by atoms with Crippen LogP contribution in [0.25, 0.3) is 0 Å². The average molecular weight is 341 g/mol. The predicted molar refractivity (Wildman–Crippen MR) is 96.5 cm³/mol. The number of benzene rings is 1. The van der Waals surface area contributed by atoms with Crippen LogP contribution in [0.1, 0.15) is 17.3 Å². The molecule has 2 saturated heterocycles. The van der Waals surface area contributed by atoms with Gasteiger partial charge in [-0.05, 0) is 49.7 Å². The van der Waals surface area contributed by atoms with Crippen molar-refractivity contribution in [2.75, 3.05) is 38.7 Å². The van der Waals surface area contributed by atoms with Crippen molar-refractivity contribution in [2.24, 2.45) is 11.8 Å². The zero-order valence-corrected chi connectivity index (χ0v) is 14.9. The van der Waals surface area contributed by atoms with Crippen LogP contribution in [0.2, 0.25) is 0 Å². The molecule has 25 heavy (non-hydrogen) atoms. The molecule has 3 atom stereocenters. The van der Waals surface area contributed by atoms with E-state index in [2.05, 4.69) is 16.8 Å². The van der Waals surface area contributed by atoms with Gasteiger partial charge in [0.25, 0.3) is 0 Å². The third-order valence-electron chi connectivity index (χ3n) is 5.58. The summed E-state index contributed by atoms with van der Waals surface area (Å²) < 4.78 is 19.2. The van der Waals surface area contributed by atoms with Crippen LogP contribution in [0.15, 0.2) is 36.4 Å². The number of aromatic nitrogens is 1. The SMILES string of the molecule is COc1ccc(C)nc1N1C[C@@H]2CN(C)[C@@H](c3cccc(F)c3)[C@@H]2C1. The summed E-state index contributed by atoms with van der Waals surface area (Å²) in [5.41, 5.74) is 2.06.